The van der Waals surface area contributed by atoms with Gasteiger partial charge in [0.2, 0.25) is 0 Å². The minimum absolute atomic E-state index is 0.0411. The van der Waals surface area contributed by atoms with E-state index in [9.17, 15) is 23.3 Å². The zero-order valence-corrected chi connectivity index (χ0v) is 10.6. The monoisotopic (exact) mass is 365 g/mol. The van der Waals surface area contributed by atoms with Crippen LogP contribution in [-0.2, 0) is 6.54 Å². The lowest BCUT2D eigenvalue weighted by Crippen LogP contribution is -2.27. The SMILES string of the molecule is O=[N+]([O-])c1nn(CC(Br)C(F)(F)F)cc1Br. The summed E-state index contributed by atoms with van der Waals surface area (Å²) in [5, 5.41) is 13.8. The smallest absolute Gasteiger partial charge is 0.358 e. The van der Waals surface area contributed by atoms with Gasteiger partial charge in [-0.1, -0.05) is 15.9 Å². The molecule has 0 spiro atoms. The number of hydrogen-bond acceptors (Lipinski definition) is 3. The van der Waals surface area contributed by atoms with Crippen LogP contribution in [0, 0.1) is 10.1 Å². The molecule has 0 radical (unpaired) electrons. The summed E-state index contributed by atoms with van der Waals surface area (Å²) in [7, 11) is 0. The van der Waals surface area contributed by atoms with Crippen molar-refractivity contribution in [3.05, 3.63) is 20.8 Å². The number of alkyl halides is 4. The average Bonchev–Trinajstić information content (AvgIpc) is 2.45. The van der Waals surface area contributed by atoms with Gasteiger partial charge in [0.05, 0.1) is 17.8 Å². The summed E-state index contributed by atoms with van der Waals surface area (Å²) in [6, 6.07) is 0. The van der Waals surface area contributed by atoms with E-state index in [4.69, 9.17) is 0 Å². The molecule has 1 aromatic rings. The molecule has 0 aliphatic heterocycles. The Morgan fingerprint density at radius 2 is 2.19 bits per heavy atom. The van der Waals surface area contributed by atoms with Crippen LogP contribution in [0.3, 0.4) is 0 Å². The fourth-order valence-corrected chi connectivity index (χ4v) is 1.63. The van der Waals surface area contributed by atoms with Gasteiger partial charge in [-0.15, -0.1) is 0 Å². The Labute approximate surface area is 104 Å². The Morgan fingerprint density at radius 3 is 2.56 bits per heavy atom. The lowest BCUT2D eigenvalue weighted by molar-refractivity contribution is -0.390. The molecular weight excluding hydrogens is 363 g/mol. The number of hydrogen-bond donors (Lipinski definition) is 0. The summed E-state index contributed by atoms with van der Waals surface area (Å²) in [6.07, 6.45) is -3.30. The van der Waals surface area contributed by atoms with Crippen molar-refractivity contribution in [2.75, 3.05) is 0 Å². The van der Waals surface area contributed by atoms with Crippen LogP contribution in [0.5, 0.6) is 0 Å². The normalized spacial score (nSPS) is 13.8. The second-order valence-corrected chi connectivity index (χ2v) is 4.75. The van der Waals surface area contributed by atoms with Gasteiger partial charge >= 0.3 is 12.0 Å². The third-order valence-electron chi connectivity index (χ3n) is 1.57. The fourth-order valence-electron chi connectivity index (χ4n) is 0.872. The maximum atomic E-state index is 12.2. The first-order valence-corrected chi connectivity index (χ1v) is 5.51. The largest absolute Gasteiger partial charge is 0.404 e. The first kappa shape index (κ1) is 13.4. The quantitative estimate of drug-likeness (QED) is 0.469. The van der Waals surface area contributed by atoms with Crippen LogP contribution in [-0.4, -0.2) is 25.7 Å². The average molecular weight is 367 g/mol. The molecule has 1 aromatic heterocycles. The van der Waals surface area contributed by atoms with Gasteiger partial charge in [0.15, 0.2) is 0 Å². The molecule has 0 amide bonds. The second kappa shape index (κ2) is 4.70. The molecule has 0 aliphatic carbocycles. The molecule has 16 heavy (non-hydrogen) atoms. The molecule has 0 aliphatic rings. The molecule has 0 saturated heterocycles. The van der Waals surface area contributed by atoms with Crippen molar-refractivity contribution in [1.29, 1.82) is 0 Å². The van der Waals surface area contributed by atoms with Crippen molar-refractivity contribution in [1.82, 2.24) is 9.78 Å². The third kappa shape index (κ3) is 3.17. The van der Waals surface area contributed by atoms with Crippen LogP contribution < -0.4 is 0 Å². The van der Waals surface area contributed by atoms with E-state index in [-0.39, 0.29) is 4.47 Å². The summed E-state index contributed by atoms with van der Waals surface area (Å²) in [5.74, 6) is -0.512. The Balaban J connectivity index is 2.84. The first-order chi connectivity index (χ1) is 7.21. The molecule has 1 rings (SSSR count). The Morgan fingerprint density at radius 1 is 1.62 bits per heavy atom. The van der Waals surface area contributed by atoms with E-state index in [2.05, 4.69) is 37.0 Å². The van der Waals surface area contributed by atoms with Crippen molar-refractivity contribution in [3.8, 4) is 0 Å². The van der Waals surface area contributed by atoms with Crippen molar-refractivity contribution in [2.24, 2.45) is 0 Å². The number of aromatic nitrogens is 2. The highest BCUT2D eigenvalue weighted by Crippen LogP contribution is 2.29. The number of rotatable bonds is 3. The van der Waals surface area contributed by atoms with E-state index in [1.54, 1.807) is 0 Å². The van der Waals surface area contributed by atoms with Crippen molar-refractivity contribution in [2.45, 2.75) is 17.5 Å². The molecule has 10 heteroatoms. The number of halogens is 5. The number of nitrogens with zero attached hydrogens (tertiary/aromatic N) is 3. The Bertz CT molecular complexity index is 406. The minimum Gasteiger partial charge on any atom is -0.358 e. The van der Waals surface area contributed by atoms with Gasteiger partial charge < -0.3 is 10.1 Å². The van der Waals surface area contributed by atoms with Crippen molar-refractivity contribution < 1.29 is 18.1 Å². The van der Waals surface area contributed by atoms with Crippen LogP contribution in [0.15, 0.2) is 10.7 Å². The maximum absolute atomic E-state index is 12.2. The molecule has 0 N–H and O–H groups in total. The zero-order valence-electron chi connectivity index (χ0n) is 7.41. The van der Waals surface area contributed by atoms with Gasteiger partial charge in [0, 0.05) is 0 Å². The molecule has 0 aromatic carbocycles. The van der Waals surface area contributed by atoms with E-state index < -0.39 is 28.3 Å². The van der Waals surface area contributed by atoms with Gasteiger partial charge in [-0.2, -0.15) is 17.9 Å². The summed E-state index contributed by atoms with van der Waals surface area (Å²) < 4.78 is 37.4. The van der Waals surface area contributed by atoms with Crippen LogP contribution in [0.1, 0.15) is 0 Å². The summed E-state index contributed by atoms with van der Waals surface area (Å²) in [6.45, 7) is -0.532. The van der Waals surface area contributed by atoms with E-state index in [0.717, 1.165) is 10.9 Å². The lowest BCUT2D eigenvalue weighted by Gasteiger charge is -2.11. The van der Waals surface area contributed by atoms with Crippen LogP contribution >= 0.6 is 31.9 Å². The van der Waals surface area contributed by atoms with Gasteiger partial charge in [0.25, 0.3) is 0 Å². The van der Waals surface area contributed by atoms with Gasteiger partial charge in [-0.25, -0.2) is 0 Å². The van der Waals surface area contributed by atoms with Crippen molar-refractivity contribution in [3.63, 3.8) is 0 Å². The highest BCUT2D eigenvalue weighted by molar-refractivity contribution is 9.10. The van der Waals surface area contributed by atoms with Gasteiger partial charge in [-0.3, -0.25) is 0 Å². The zero-order chi connectivity index (χ0) is 12.5. The standard InChI is InChI=1S/C6H4Br2F3N3O2/c7-3-1-13(12-5(3)14(15)16)2-4(8)6(9,10)11/h1,4H,2H2. The molecule has 1 unspecified atom stereocenters. The summed E-state index contributed by atoms with van der Waals surface area (Å²) in [4.78, 5) is 7.80. The molecule has 1 atom stereocenters. The Hall–Kier alpha value is -0.640. The second-order valence-electron chi connectivity index (χ2n) is 2.79. The molecule has 0 bridgehead atoms. The summed E-state index contributed by atoms with van der Waals surface area (Å²) >= 11 is 5.27. The number of nitro groups is 1. The van der Waals surface area contributed by atoms with E-state index >= 15 is 0 Å². The highest BCUT2D eigenvalue weighted by atomic mass is 79.9. The van der Waals surface area contributed by atoms with E-state index in [1.165, 1.54) is 0 Å². The van der Waals surface area contributed by atoms with Gasteiger partial charge in [-0.05, 0) is 20.9 Å². The minimum atomic E-state index is -4.42. The predicted molar refractivity (Wildman–Crippen MR) is 55.4 cm³/mol. The van der Waals surface area contributed by atoms with E-state index in [1.807, 2.05) is 0 Å². The van der Waals surface area contributed by atoms with Gasteiger partial charge in [0.1, 0.15) is 9.30 Å². The molecule has 0 saturated carbocycles. The first-order valence-electron chi connectivity index (χ1n) is 3.80. The highest BCUT2D eigenvalue weighted by Gasteiger charge is 2.39. The fraction of sp³-hybridized carbons (Fsp3) is 0.500. The third-order valence-corrected chi connectivity index (χ3v) is 2.94. The molecule has 0 fully saturated rings. The van der Waals surface area contributed by atoms with Crippen LogP contribution in [0.2, 0.25) is 0 Å². The molecule has 1 heterocycles. The van der Waals surface area contributed by atoms with Crippen molar-refractivity contribution >= 4 is 37.7 Å². The predicted octanol–water partition coefficient (Wildman–Crippen LogP) is 2.88. The topological polar surface area (TPSA) is 61.0 Å². The Kier molecular flexibility index (Phi) is 3.94. The summed E-state index contributed by atoms with van der Waals surface area (Å²) in [5.41, 5.74) is 0. The molecule has 90 valence electrons. The van der Waals surface area contributed by atoms with Crippen LogP contribution in [0.25, 0.3) is 0 Å². The maximum Gasteiger partial charge on any atom is 0.404 e. The van der Waals surface area contributed by atoms with E-state index in [0.29, 0.717) is 0 Å². The molecular formula is C6H4Br2F3N3O2. The molecule has 5 nitrogen and oxygen atoms in total. The van der Waals surface area contributed by atoms with Crippen LogP contribution in [0.4, 0.5) is 19.0 Å². The lowest BCUT2D eigenvalue weighted by atomic mass is 10.4.